The van der Waals surface area contributed by atoms with E-state index in [1.807, 2.05) is 18.2 Å². The summed E-state index contributed by atoms with van der Waals surface area (Å²) in [5, 5.41) is 0.378. The molecule has 1 heterocycles. The Labute approximate surface area is 86.2 Å². The average Bonchev–Trinajstić information content (AvgIpc) is 2.19. The highest BCUT2D eigenvalue weighted by Gasteiger charge is 2.09. The fraction of sp³-hybridized carbons (Fsp3) is 0. The van der Waals surface area contributed by atoms with Crippen LogP contribution in [0.1, 0.15) is 0 Å². The largest absolute Gasteiger partial charge is 0.228 e. The van der Waals surface area contributed by atoms with E-state index in [0.29, 0.717) is 10.6 Å². The van der Waals surface area contributed by atoms with E-state index >= 15 is 0 Å². The summed E-state index contributed by atoms with van der Waals surface area (Å²) in [7, 11) is 0. The van der Waals surface area contributed by atoms with Crippen molar-refractivity contribution in [2.24, 2.45) is 0 Å². The Bertz CT molecular complexity index is 422. The molecule has 0 bridgehead atoms. The molecule has 0 aliphatic rings. The van der Waals surface area contributed by atoms with Gasteiger partial charge in [0.2, 0.25) is 5.95 Å². The molecular formula is C11H7ClFN. The summed E-state index contributed by atoms with van der Waals surface area (Å²) in [4.78, 5) is 3.57. The third kappa shape index (κ3) is 1.61. The highest BCUT2D eigenvalue weighted by molar-refractivity contribution is 6.33. The molecule has 2 aromatic rings. The standard InChI is InChI=1S/C11H7ClFN/c12-9-6-7-14-11(13)10(9)8-4-2-1-3-5-8/h1-7H. The topological polar surface area (TPSA) is 12.9 Å². The van der Waals surface area contributed by atoms with Crippen molar-refractivity contribution in [1.82, 2.24) is 4.98 Å². The van der Waals surface area contributed by atoms with Crippen LogP contribution in [0.3, 0.4) is 0 Å². The quantitative estimate of drug-likeness (QED) is 0.652. The lowest BCUT2D eigenvalue weighted by atomic mass is 10.1. The zero-order valence-electron chi connectivity index (χ0n) is 7.24. The minimum atomic E-state index is -0.538. The van der Waals surface area contributed by atoms with Gasteiger partial charge in [0.15, 0.2) is 0 Å². The Hall–Kier alpha value is -1.41. The Morgan fingerprint density at radius 3 is 2.43 bits per heavy atom. The van der Waals surface area contributed by atoms with E-state index in [4.69, 9.17) is 11.6 Å². The van der Waals surface area contributed by atoms with Gasteiger partial charge >= 0.3 is 0 Å². The Kier molecular flexibility index (Phi) is 2.46. The van der Waals surface area contributed by atoms with Gasteiger partial charge in [0.25, 0.3) is 0 Å². The van der Waals surface area contributed by atoms with Gasteiger partial charge in [-0.15, -0.1) is 0 Å². The van der Waals surface area contributed by atoms with Crippen LogP contribution in [0.2, 0.25) is 5.02 Å². The van der Waals surface area contributed by atoms with Gasteiger partial charge in [0.1, 0.15) is 0 Å². The van der Waals surface area contributed by atoms with Crippen LogP contribution in [0.25, 0.3) is 11.1 Å². The van der Waals surface area contributed by atoms with Gasteiger partial charge in [-0.25, -0.2) is 4.98 Å². The molecule has 0 aliphatic carbocycles. The first-order valence-electron chi connectivity index (χ1n) is 4.14. The molecular weight excluding hydrogens is 201 g/mol. The number of hydrogen-bond acceptors (Lipinski definition) is 1. The van der Waals surface area contributed by atoms with Crippen LogP contribution in [0.5, 0.6) is 0 Å². The van der Waals surface area contributed by atoms with Gasteiger partial charge in [-0.05, 0) is 11.6 Å². The summed E-state index contributed by atoms with van der Waals surface area (Å²) in [5.41, 5.74) is 1.10. The predicted octanol–water partition coefficient (Wildman–Crippen LogP) is 3.54. The van der Waals surface area contributed by atoms with Crippen LogP contribution in [0.15, 0.2) is 42.6 Å². The Balaban J connectivity index is 2.63. The predicted molar refractivity (Wildman–Crippen MR) is 54.6 cm³/mol. The lowest BCUT2D eigenvalue weighted by Crippen LogP contribution is -1.88. The van der Waals surface area contributed by atoms with Crippen molar-refractivity contribution in [1.29, 1.82) is 0 Å². The Morgan fingerprint density at radius 1 is 1.07 bits per heavy atom. The monoisotopic (exact) mass is 207 g/mol. The zero-order valence-corrected chi connectivity index (χ0v) is 8.00. The van der Waals surface area contributed by atoms with Crippen LogP contribution in [0, 0.1) is 5.95 Å². The molecule has 0 spiro atoms. The number of pyridine rings is 1. The van der Waals surface area contributed by atoms with Crippen molar-refractivity contribution in [2.45, 2.75) is 0 Å². The van der Waals surface area contributed by atoms with Crippen molar-refractivity contribution in [3.05, 3.63) is 53.6 Å². The molecule has 0 fully saturated rings. The van der Waals surface area contributed by atoms with Crippen molar-refractivity contribution in [2.75, 3.05) is 0 Å². The van der Waals surface area contributed by atoms with Gasteiger partial charge in [-0.2, -0.15) is 4.39 Å². The number of rotatable bonds is 1. The van der Waals surface area contributed by atoms with E-state index < -0.39 is 5.95 Å². The van der Waals surface area contributed by atoms with E-state index in [1.54, 1.807) is 18.2 Å². The summed E-state index contributed by atoms with van der Waals surface area (Å²) >= 11 is 5.88. The average molecular weight is 208 g/mol. The van der Waals surface area contributed by atoms with Gasteiger partial charge in [0, 0.05) is 6.20 Å². The van der Waals surface area contributed by atoms with E-state index in [0.717, 1.165) is 5.56 Å². The molecule has 2 rings (SSSR count). The van der Waals surface area contributed by atoms with Crippen molar-refractivity contribution >= 4 is 11.6 Å². The maximum atomic E-state index is 13.3. The lowest BCUT2D eigenvalue weighted by Gasteiger charge is -2.03. The number of nitrogens with zero attached hydrogens (tertiary/aromatic N) is 1. The van der Waals surface area contributed by atoms with Crippen molar-refractivity contribution in [3.8, 4) is 11.1 Å². The number of benzene rings is 1. The van der Waals surface area contributed by atoms with Gasteiger partial charge in [-0.3, -0.25) is 0 Å². The van der Waals surface area contributed by atoms with E-state index in [-0.39, 0.29) is 0 Å². The maximum absolute atomic E-state index is 13.3. The normalized spacial score (nSPS) is 10.1. The first kappa shape index (κ1) is 9.16. The third-order valence-corrected chi connectivity index (χ3v) is 2.23. The van der Waals surface area contributed by atoms with Crippen molar-refractivity contribution < 1.29 is 4.39 Å². The molecule has 0 radical (unpaired) electrons. The summed E-state index contributed by atoms with van der Waals surface area (Å²) in [6.07, 6.45) is 1.35. The minimum Gasteiger partial charge on any atom is -0.228 e. The second-order valence-corrected chi connectivity index (χ2v) is 3.23. The molecule has 0 amide bonds. The molecule has 70 valence electrons. The first-order valence-corrected chi connectivity index (χ1v) is 4.52. The highest BCUT2D eigenvalue weighted by atomic mass is 35.5. The number of hydrogen-bond donors (Lipinski definition) is 0. The summed E-state index contributed by atoms with van der Waals surface area (Å²) in [6, 6.07) is 10.7. The van der Waals surface area contributed by atoms with Gasteiger partial charge in [0.05, 0.1) is 10.6 Å². The first-order chi connectivity index (χ1) is 6.79. The molecule has 0 atom stereocenters. The molecule has 1 aromatic carbocycles. The van der Waals surface area contributed by atoms with Crippen LogP contribution in [-0.4, -0.2) is 4.98 Å². The number of halogens is 2. The summed E-state index contributed by atoms with van der Waals surface area (Å²) < 4.78 is 13.3. The Morgan fingerprint density at radius 2 is 1.79 bits per heavy atom. The molecule has 1 nitrogen and oxygen atoms in total. The smallest absolute Gasteiger partial charge is 0.222 e. The second-order valence-electron chi connectivity index (χ2n) is 2.82. The van der Waals surface area contributed by atoms with E-state index in [1.165, 1.54) is 6.20 Å². The molecule has 0 aliphatic heterocycles. The summed E-state index contributed by atoms with van der Waals surface area (Å²) in [5.74, 6) is -0.538. The van der Waals surface area contributed by atoms with Gasteiger partial charge < -0.3 is 0 Å². The lowest BCUT2D eigenvalue weighted by molar-refractivity contribution is 0.587. The van der Waals surface area contributed by atoms with Gasteiger partial charge in [-0.1, -0.05) is 41.9 Å². The molecule has 14 heavy (non-hydrogen) atoms. The molecule has 0 N–H and O–H groups in total. The fourth-order valence-corrected chi connectivity index (χ4v) is 1.52. The van der Waals surface area contributed by atoms with Crippen molar-refractivity contribution in [3.63, 3.8) is 0 Å². The number of aromatic nitrogens is 1. The maximum Gasteiger partial charge on any atom is 0.222 e. The van der Waals surface area contributed by atoms with E-state index in [9.17, 15) is 4.39 Å². The molecule has 0 saturated heterocycles. The van der Waals surface area contributed by atoms with Crippen LogP contribution < -0.4 is 0 Å². The highest BCUT2D eigenvalue weighted by Crippen LogP contribution is 2.28. The van der Waals surface area contributed by atoms with Crippen LogP contribution >= 0.6 is 11.6 Å². The third-order valence-electron chi connectivity index (χ3n) is 1.92. The zero-order chi connectivity index (χ0) is 9.97. The minimum absolute atomic E-state index is 0.356. The molecule has 3 heteroatoms. The molecule has 0 saturated carbocycles. The van der Waals surface area contributed by atoms with E-state index in [2.05, 4.69) is 4.98 Å². The fourth-order valence-electron chi connectivity index (χ4n) is 1.28. The van der Waals surface area contributed by atoms with Crippen LogP contribution in [-0.2, 0) is 0 Å². The SMILES string of the molecule is Fc1nccc(Cl)c1-c1ccccc1. The molecule has 0 unspecified atom stereocenters. The van der Waals surface area contributed by atoms with Crippen LogP contribution in [0.4, 0.5) is 4.39 Å². The summed E-state index contributed by atoms with van der Waals surface area (Å²) in [6.45, 7) is 0. The molecule has 1 aromatic heterocycles. The second kappa shape index (κ2) is 3.76.